The molecular weight excluding hydrogens is 364 g/mol. The molecule has 0 aromatic carbocycles. The Morgan fingerprint density at radius 1 is 1.22 bits per heavy atom. The number of esters is 1. The number of rotatable bonds is 4. The van der Waals surface area contributed by atoms with Gasteiger partial charge in [0.2, 0.25) is 6.29 Å². The molecule has 2 aliphatic heterocycles. The maximum Gasteiger partial charge on any atom is 0.337 e. The second kappa shape index (κ2) is 7.82. The molecular formula is C17H24O10. The van der Waals surface area contributed by atoms with Crippen LogP contribution in [0.15, 0.2) is 11.8 Å². The quantitative estimate of drug-likeness (QED) is 0.400. The van der Waals surface area contributed by atoms with Gasteiger partial charge >= 0.3 is 5.97 Å². The molecule has 0 aromatic rings. The van der Waals surface area contributed by atoms with E-state index in [4.69, 9.17) is 18.9 Å². The predicted molar refractivity (Wildman–Crippen MR) is 85.6 cm³/mol. The molecule has 27 heavy (non-hydrogen) atoms. The van der Waals surface area contributed by atoms with Crippen LogP contribution in [-0.2, 0) is 28.5 Å². The van der Waals surface area contributed by atoms with Gasteiger partial charge in [0.1, 0.15) is 30.2 Å². The lowest BCUT2D eigenvalue weighted by Gasteiger charge is -2.42. The molecule has 2 fully saturated rings. The van der Waals surface area contributed by atoms with Gasteiger partial charge in [0.15, 0.2) is 6.29 Å². The number of ketones is 1. The van der Waals surface area contributed by atoms with E-state index in [0.29, 0.717) is 0 Å². The molecule has 0 bridgehead atoms. The van der Waals surface area contributed by atoms with Crippen LogP contribution < -0.4 is 0 Å². The minimum absolute atomic E-state index is 0.102. The van der Waals surface area contributed by atoms with Crippen LogP contribution in [0.4, 0.5) is 0 Å². The van der Waals surface area contributed by atoms with Crippen LogP contribution in [0.1, 0.15) is 13.3 Å². The Morgan fingerprint density at radius 2 is 1.93 bits per heavy atom. The van der Waals surface area contributed by atoms with E-state index in [2.05, 4.69) is 0 Å². The fourth-order valence-electron chi connectivity index (χ4n) is 3.96. The van der Waals surface area contributed by atoms with E-state index >= 15 is 0 Å². The highest BCUT2D eigenvalue weighted by molar-refractivity contribution is 5.99. The number of hydrogen-bond acceptors (Lipinski definition) is 10. The largest absolute Gasteiger partial charge is 0.472 e. The van der Waals surface area contributed by atoms with E-state index in [1.165, 1.54) is 7.11 Å². The molecule has 0 aromatic heterocycles. The lowest BCUT2D eigenvalue weighted by molar-refractivity contribution is -0.342. The molecule has 0 spiro atoms. The van der Waals surface area contributed by atoms with Crippen molar-refractivity contribution in [2.24, 2.45) is 17.8 Å². The van der Waals surface area contributed by atoms with Crippen LogP contribution in [0.5, 0.6) is 0 Å². The lowest BCUT2D eigenvalue weighted by atomic mass is 9.83. The van der Waals surface area contributed by atoms with E-state index in [1.807, 2.05) is 6.92 Å². The predicted octanol–water partition coefficient (Wildman–Crippen LogP) is -1.94. The van der Waals surface area contributed by atoms with Crippen LogP contribution in [0, 0.1) is 17.8 Å². The third-order valence-corrected chi connectivity index (χ3v) is 5.43. The van der Waals surface area contributed by atoms with Gasteiger partial charge in [-0.05, 0) is 5.92 Å². The molecule has 10 nitrogen and oxygen atoms in total. The number of carbonyl (C=O) groups is 2. The Balaban J connectivity index is 1.82. The van der Waals surface area contributed by atoms with E-state index < -0.39 is 61.4 Å². The Bertz CT molecular complexity index is 617. The molecule has 10 heteroatoms. The van der Waals surface area contributed by atoms with Gasteiger partial charge < -0.3 is 39.4 Å². The van der Waals surface area contributed by atoms with Crippen molar-refractivity contribution in [3.05, 3.63) is 11.8 Å². The van der Waals surface area contributed by atoms with Crippen molar-refractivity contribution in [2.45, 2.75) is 50.3 Å². The topological polar surface area (TPSA) is 152 Å². The molecule has 3 aliphatic rings. The van der Waals surface area contributed by atoms with Crippen molar-refractivity contribution < 1.29 is 49.0 Å². The third-order valence-electron chi connectivity index (χ3n) is 5.43. The molecule has 1 aliphatic carbocycles. The first-order valence-corrected chi connectivity index (χ1v) is 8.72. The summed E-state index contributed by atoms with van der Waals surface area (Å²) in [6.45, 7) is 1.22. The SMILES string of the molecule is COC(=O)C1=CO[C@H](O[C@H]2O[C@H](CO)[C@H](O)[C@@H](O)[C@H]2O)[C@@H]2[C@H]1C(=O)C[C@H]2C. The maximum absolute atomic E-state index is 12.4. The van der Waals surface area contributed by atoms with E-state index in [1.54, 1.807) is 0 Å². The minimum atomic E-state index is -1.59. The number of fused-ring (bicyclic) bond motifs is 1. The minimum Gasteiger partial charge on any atom is -0.472 e. The van der Waals surface area contributed by atoms with E-state index in [-0.39, 0.29) is 23.7 Å². The smallest absolute Gasteiger partial charge is 0.337 e. The fraction of sp³-hybridized carbons (Fsp3) is 0.765. The summed E-state index contributed by atoms with van der Waals surface area (Å²) in [4.78, 5) is 24.4. The zero-order valence-corrected chi connectivity index (χ0v) is 14.9. The van der Waals surface area contributed by atoms with Gasteiger partial charge in [-0.3, -0.25) is 4.79 Å². The van der Waals surface area contributed by atoms with Crippen molar-refractivity contribution >= 4 is 11.8 Å². The summed E-state index contributed by atoms with van der Waals surface area (Å²) in [7, 11) is 1.21. The van der Waals surface area contributed by atoms with Gasteiger partial charge in [0.25, 0.3) is 0 Å². The van der Waals surface area contributed by atoms with E-state index in [9.17, 15) is 30.0 Å². The highest BCUT2D eigenvalue weighted by Gasteiger charge is 2.54. The molecule has 152 valence electrons. The normalized spacial score (nSPS) is 44.3. The van der Waals surface area contributed by atoms with Gasteiger partial charge in [-0.2, -0.15) is 0 Å². The Kier molecular flexibility index (Phi) is 5.84. The number of aliphatic hydroxyl groups is 4. The Labute approximate surface area is 155 Å². The molecule has 1 saturated carbocycles. The molecule has 1 saturated heterocycles. The van der Waals surface area contributed by atoms with Crippen LogP contribution in [0.3, 0.4) is 0 Å². The van der Waals surface area contributed by atoms with Gasteiger partial charge in [-0.15, -0.1) is 0 Å². The van der Waals surface area contributed by atoms with Crippen LogP contribution >= 0.6 is 0 Å². The standard InChI is InChI=1S/C17H24O10/c1-6-3-8(19)11-7(15(23)24-2)5-25-16(10(6)11)27-17-14(22)13(21)12(20)9(4-18)26-17/h5-6,9-14,16-18,20-22H,3-4H2,1-2H3/t6-,9-,10+,11-,12+,13-,14-,16-,17-/m1/s1. The third kappa shape index (κ3) is 3.48. The number of carbonyl (C=O) groups excluding carboxylic acids is 2. The van der Waals surface area contributed by atoms with Crippen LogP contribution in [-0.4, -0.2) is 82.9 Å². The summed E-state index contributed by atoms with van der Waals surface area (Å²) in [5.74, 6) is -2.28. The molecule has 9 atom stereocenters. The van der Waals surface area contributed by atoms with Crippen molar-refractivity contribution in [2.75, 3.05) is 13.7 Å². The first-order chi connectivity index (χ1) is 12.8. The van der Waals surface area contributed by atoms with Crippen LogP contribution in [0.2, 0.25) is 0 Å². The zero-order chi connectivity index (χ0) is 19.9. The summed E-state index contributed by atoms with van der Waals surface area (Å²) in [5, 5.41) is 39.1. The molecule has 3 rings (SSSR count). The van der Waals surface area contributed by atoms with Gasteiger partial charge in [0.05, 0.1) is 31.5 Å². The number of Topliss-reactive ketones (excluding diaryl/α,β-unsaturated/α-hetero) is 1. The fourth-order valence-corrected chi connectivity index (χ4v) is 3.96. The van der Waals surface area contributed by atoms with Gasteiger partial charge in [0, 0.05) is 12.3 Å². The number of hydrogen-bond donors (Lipinski definition) is 4. The Morgan fingerprint density at radius 3 is 2.56 bits per heavy atom. The van der Waals surface area contributed by atoms with Crippen LogP contribution in [0.25, 0.3) is 0 Å². The molecule has 4 N–H and O–H groups in total. The summed E-state index contributed by atoms with van der Waals surface area (Å²) in [5.41, 5.74) is 0.102. The average Bonchev–Trinajstić information content (AvgIpc) is 2.96. The molecule has 0 amide bonds. The first kappa shape index (κ1) is 20.2. The Hall–Kier alpha value is -1.56. The summed E-state index contributed by atoms with van der Waals surface area (Å²) >= 11 is 0. The van der Waals surface area contributed by atoms with Crippen molar-refractivity contribution in [1.82, 2.24) is 0 Å². The second-order valence-corrected chi connectivity index (χ2v) is 7.11. The number of ether oxygens (including phenoxy) is 4. The summed E-state index contributed by atoms with van der Waals surface area (Å²) in [6.07, 6.45) is -6.93. The summed E-state index contributed by atoms with van der Waals surface area (Å²) in [6, 6.07) is 0. The average molecular weight is 388 g/mol. The molecule has 0 radical (unpaired) electrons. The zero-order valence-electron chi connectivity index (χ0n) is 14.9. The van der Waals surface area contributed by atoms with Gasteiger partial charge in [-0.1, -0.05) is 6.92 Å². The van der Waals surface area contributed by atoms with Crippen molar-refractivity contribution in [3.8, 4) is 0 Å². The molecule has 0 unspecified atom stereocenters. The molecule has 2 heterocycles. The first-order valence-electron chi connectivity index (χ1n) is 8.72. The number of methoxy groups -OCH3 is 1. The summed E-state index contributed by atoms with van der Waals surface area (Å²) < 4.78 is 21.2. The highest BCUT2D eigenvalue weighted by Crippen LogP contribution is 2.45. The number of aliphatic hydroxyl groups excluding tert-OH is 4. The lowest BCUT2D eigenvalue weighted by Crippen LogP contribution is -2.60. The van der Waals surface area contributed by atoms with Crippen molar-refractivity contribution in [3.63, 3.8) is 0 Å². The van der Waals surface area contributed by atoms with Crippen molar-refractivity contribution in [1.29, 1.82) is 0 Å². The van der Waals surface area contributed by atoms with Gasteiger partial charge in [-0.25, -0.2) is 4.79 Å². The highest BCUT2D eigenvalue weighted by atomic mass is 16.8. The maximum atomic E-state index is 12.4. The second-order valence-electron chi connectivity index (χ2n) is 7.11. The monoisotopic (exact) mass is 388 g/mol. The van der Waals surface area contributed by atoms with E-state index in [0.717, 1.165) is 6.26 Å².